The summed E-state index contributed by atoms with van der Waals surface area (Å²) in [6.45, 7) is 6.65. The molecule has 0 radical (unpaired) electrons. The Hall–Kier alpha value is -2.34. The van der Waals surface area contributed by atoms with E-state index in [2.05, 4.69) is 22.6 Å². The van der Waals surface area contributed by atoms with Crippen molar-refractivity contribution in [3.63, 3.8) is 0 Å². The van der Waals surface area contributed by atoms with E-state index < -0.39 is 0 Å². The van der Waals surface area contributed by atoms with Crippen LogP contribution < -0.4 is 11.1 Å². The topological polar surface area (TPSA) is 96.7 Å². The molecule has 0 aliphatic rings. The fourth-order valence-corrected chi connectivity index (χ4v) is 2.33. The Kier molecular flexibility index (Phi) is 4.59. The van der Waals surface area contributed by atoms with Crippen LogP contribution in [0.25, 0.3) is 0 Å². The molecule has 2 aromatic rings. The summed E-state index contributed by atoms with van der Waals surface area (Å²) in [7, 11) is 0. The maximum absolute atomic E-state index is 8.63. The average molecular weight is 288 g/mol. The van der Waals surface area contributed by atoms with E-state index in [4.69, 9.17) is 15.5 Å². The van der Waals surface area contributed by atoms with Gasteiger partial charge in [-0.05, 0) is 26.3 Å². The summed E-state index contributed by atoms with van der Waals surface area (Å²) in [5.74, 6) is 0.952. The SMILES string of the molecule is Cc1noc(C)c1C(C)NCc1ccc(C(N)=NO)cc1. The van der Waals surface area contributed by atoms with Crippen LogP contribution in [0.5, 0.6) is 0 Å². The highest BCUT2D eigenvalue weighted by atomic mass is 16.5. The zero-order chi connectivity index (χ0) is 15.4. The van der Waals surface area contributed by atoms with Crippen LogP contribution in [0, 0.1) is 13.8 Å². The number of rotatable bonds is 5. The lowest BCUT2D eigenvalue weighted by Crippen LogP contribution is -2.19. The maximum atomic E-state index is 8.63. The predicted molar refractivity (Wildman–Crippen MR) is 80.2 cm³/mol. The number of amidine groups is 1. The van der Waals surface area contributed by atoms with Crippen molar-refractivity contribution in [1.29, 1.82) is 0 Å². The molecule has 6 heteroatoms. The highest BCUT2D eigenvalue weighted by Crippen LogP contribution is 2.21. The Morgan fingerprint density at radius 3 is 2.57 bits per heavy atom. The van der Waals surface area contributed by atoms with Crippen LogP contribution in [0.4, 0.5) is 0 Å². The van der Waals surface area contributed by atoms with E-state index in [1.54, 1.807) is 0 Å². The molecule has 0 aliphatic carbocycles. The van der Waals surface area contributed by atoms with Crippen LogP contribution in [0.2, 0.25) is 0 Å². The number of hydrogen-bond donors (Lipinski definition) is 3. The standard InChI is InChI=1S/C15H20N4O2/c1-9(14-10(2)19-21-11(14)3)17-8-12-4-6-13(7-5-12)15(16)18-20/h4-7,9,17,20H,8H2,1-3H3,(H2,16,18). The molecule has 4 N–H and O–H groups in total. The average Bonchev–Trinajstić information content (AvgIpc) is 2.83. The molecule has 0 aliphatic heterocycles. The number of oxime groups is 1. The van der Waals surface area contributed by atoms with Crippen molar-refractivity contribution in [2.24, 2.45) is 10.9 Å². The molecule has 21 heavy (non-hydrogen) atoms. The third kappa shape index (κ3) is 3.41. The van der Waals surface area contributed by atoms with Gasteiger partial charge in [-0.2, -0.15) is 0 Å². The van der Waals surface area contributed by atoms with Gasteiger partial charge in [0, 0.05) is 23.7 Å². The molecule has 0 amide bonds. The van der Waals surface area contributed by atoms with Gasteiger partial charge in [-0.25, -0.2) is 0 Å². The van der Waals surface area contributed by atoms with Gasteiger partial charge in [0.1, 0.15) is 5.76 Å². The molecule has 0 saturated carbocycles. The molecule has 0 fully saturated rings. The Bertz CT molecular complexity index is 612. The van der Waals surface area contributed by atoms with Gasteiger partial charge in [0.15, 0.2) is 5.84 Å². The van der Waals surface area contributed by atoms with Gasteiger partial charge in [0.2, 0.25) is 0 Å². The number of nitrogens with one attached hydrogen (secondary N) is 1. The molecule has 1 aromatic heterocycles. The van der Waals surface area contributed by atoms with Gasteiger partial charge in [0.05, 0.1) is 5.69 Å². The Morgan fingerprint density at radius 2 is 2.05 bits per heavy atom. The minimum Gasteiger partial charge on any atom is -0.409 e. The number of aromatic nitrogens is 1. The third-order valence-corrected chi connectivity index (χ3v) is 3.49. The number of nitrogens with two attached hydrogens (primary N) is 1. The van der Waals surface area contributed by atoms with Crippen LogP contribution in [-0.4, -0.2) is 16.2 Å². The summed E-state index contributed by atoms with van der Waals surface area (Å²) < 4.78 is 5.18. The molecule has 0 spiro atoms. The van der Waals surface area contributed by atoms with Crippen LogP contribution in [-0.2, 0) is 6.54 Å². The molecule has 1 unspecified atom stereocenters. The van der Waals surface area contributed by atoms with Crippen molar-refractivity contribution in [2.45, 2.75) is 33.4 Å². The molecule has 1 aromatic carbocycles. The number of aryl methyl sites for hydroxylation is 2. The quantitative estimate of drug-likeness (QED) is 0.339. The van der Waals surface area contributed by atoms with Gasteiger partial charge in [-0.15, -0.1) is 0 Å². The third-order valence-electron chi connectivity index (χ3n) is 3.49. The lowest BCUT2D eigenvalue weighted by Gasteiger charge is -2.14. The van der Waals surface area contributed by atoms with Gasteiger partial charge in [-0.1, -0.05) is 34.6 Å². The minimum atomic E-state index is 0.110. The van der Waals surface area contributed by atoms with E-state index in [1.165, 1.54) is 0 Å². The molecular formula is C15H20N4O2. The Morgan fingerprint density at radius 1 is 1.38 bits per heavy atom. The minimum absolute atomic E-state index is 0.110. The summed E-state index contributed by atoms with van der Waals surface area (Å²) in [6.07, 6.45) is 0. The van der Waals surface area contributed by atoms with E-state index in [0.717, 1.165) is 22.6 Å². The lowest BCUT2D eigenvalue weighted by atomic mass is 10.1. The van der Waals surface area contributed by atoms with E-state index >= 15 is 0 Å². The zero-order valence-electron chi connectivity index (χ0n) is 12.4. The van der Waals surface area contributed by atoms with Gasteiger partial charge < -0.3 is 20.8 Å². The lowest BCUT2D eigenvalue weighted by molar-refractivity contribution is 0.318. The second kappa shape index (κ2) is 6.41. The smallest absolute Gasteiger partial charge is 0.170 e. The van der Waals surface area contributed by atoms with Gasteiger partial charge in [-0.3, -0.25) is 0 Å². The number of nitrogens with zero attached hydrogens (tertiary/aromatic N) is 2. The van der Waals surface area contributed by atoms with Crippen LogP contribution in [0.3, 0.4) is 0 Å². The monoisotopic (exact) mass is 288 g/mol. The zero-order valence-corrected chi connectivity index (χ0v) is 12.4. The maximum Gasteiger partial charge on any atom is 0.170 e. The number of hydrogen-bond acceptors (Lipinski definition) is 5. The molecular weight excluding hydrogens is 268 g/mol. The summed E-state index contributed by atoms with van der Waals surface area (Å²) in [5, 5.41) is 19.0. The van der Waals surface area contributed by atoms with Crippen molar-refractivity contribution in [1.82, 2.24) is 10.5 Å². The molecule has 6 nitrogen and oxygen atoms in total. The molecule has 2 rings (SSSR count). The fraction of sp³-hybridized carbons (Fsp3) is 0.333. The van der Waals surface area contributed by atoms with E-state index in [1.807, 2.05) is 38.1 Å². The van der Waals surface area contributed by atoms with E-state index in [9.17, 15) is 0 Å². The van der Waals surface area contributed by atoms with Crippen molar-refractivity contribution < 1.29 is 9.73 Å². The van der Waals surface area contributed by atoms with Crippen molar-refractivity contribution in [3.05, 3.63) is 52.4 Å². The first-order chi connectivity index (χ1) is 10.0. The summed E-state index contributed by atoms with van der Waals surface area (Å²) in [5.41, 5.74) is 9.35. The second-order valence-electron chi connectivity index (χ2n) is 5.02. The first kappa shape index (κ1) is 15.1. The largest absolute Gasteiger partial charge is 0.409 e. The van der Waals surface area contributed by atoms with Crippen LogP contribution >= 0.6 is 0 Å². The van der Waals surface area contributed by atoms with Crippen LogP contribution in [0.15, 0.2) is 33.9 Å². The summed E-state index contributed by atoms with van der Waals surface area (Å²) in [4.78, 5) is 0. The predicted octanol–water partition coefficient (Wildman–Crippen LogP) is 2.24. The van der Waals surface area contributed by atoms with Gasteiger partial charge in [0.25, 0.3) is 0 Å². The second-order valence-corrected chi connectivity index (χ2v) is 5.02. The van der Waals surface area contributed by atoms with E-state index in [-0.39, 0.29) is 11.9 Å². The van der Waals surface area contributed by atoms with Crippen molar-refractivity contribution in [2.75, 3.05) is 0 Å². The molecule has 1 atom stereocenters. The molecule has 0 saturated heterocycles. The number of benzene rings is 1. The van der Waals surface area contributed by atoms with E-state index in [0.29, 0.717) is 12.1 Å². The Balaban J connectivity index is 2.00. The molecule has 0 bridgehead atoms. The first-order valence-electron chi connectivity index (χ1n) is 6.76. The highest BCUT2D eigenvalue weighted by Gasteiger charge is 2.15. The van der Waals surface area contributed by atoms with Gasteiger partial charge >= 0.3 is 0 Å². The highest BCUT2D eigenvalue weighted by molar-refractivity contribution is 5.96. The fourth-order valence-electron chi connectivity index (χ4n) is 2.33. The molecule has 1 heterocycles. The van der Waals surface area contributed by atoms with Crippen molar-refractivity contribution in [3.8, 4) is 0 Å². The summed E-state index contributed by atoms with van der Waals surface area (Å²) >= 11 is 0. The summed E-state index contributed by atoms with van der Waals surface area (Å²) in [6, 6.07) is 7.69. The van der Waals surface area contributed by atoms with Crippen molar-refractivity contribution >= 4 is 5.84 Å². The normalized spacial score (nSPS) is 13.4. The first-order valence-corrected chi connectivity index (χ1v) is 6.76. The molecule has 112 valence electrons. The Labute approximate surface area is 123 Å². The van der Waals surface area contributed by atoms with Crippen LogP contribution in [0.1, 0.15) is 41.1 Å².